The molecule has 0 saturated heterocycles. The molecule has 2 rings (SSSR count). The molecule has 0 fully saturated rings. The van der Waals surface area contributed by atoms with E-state index in [9.17, 15) is 14.4 Å². The molecule has 0 aliphatic heterocycles. The summed E-state index contributed by atoms with van der Waals surface area (Å²) < 4.78 is 6.37. The number of methoxy groups -OCH3 is 1. The fourth-order valence-electron chi connectivity index (χ4n) is 1.58. The number of hydrogen-bond acceptors (Lipinski definition) is 5. The van der Waals surface area contributed by atoms with Crippen LogP contribution in [0.4, 0.5) is 0 Å². The van der Waals surface area contributed by atoms with E-state index in [1.165, 1.54) is 26.3 Å². The number of H-pyrrole nitrogens is 1. The number of nitrogens with one attached hydrogen (secondary N) is 1. The Morgan fingerprint density at radius 3 is 2.23 bits per heavy atom. The minimum absolute atomic E-state index is 0.0550. The second-order valence-electron chi connectivity index (χ2n) is 4.38. The van der Waals surface area contributed by atoms with Crippen LogP contribution in [0.5, 0.6) is 5.88 Å². The lowest BCUT2D eigenvalue weighted by Gasteiger charge is -2.03. The lowest BCUT2D eigenvalue weighted by atomic mass is 10.2. The highest BCUT2D eigenvalue weighted by Gasteiger charge is 2.09. The van der Waals surface area contributed by atoms with Gasteiger partial charge in [0.05, 0.1) is 23.6 Å². The molecule has 11 heteroatoms. The van der Waals surface area contributed by atoms with Crippen LogP contribution in [0.2, 0.25) is 0 Å². The van der Waals surface area contributed by atoms with Crippen LogP contribution in [0.3, 0.4) is 0 Å². The highest BCUT2D eigenvalue weighted by atomic mass is 80.9. The lowest BCUT2D eigenvalue weighted by molar-refractivity contribution is 0.100. The second kappa shape index (κ2) is 13.8. The largest absolute Gasteiger partial charge is 0.480 e. The first-order valence-electron chi connectivity index (χ1n) is 6.62. The predicted octanol–water partition coefficient (Wildman–Crippen LogP) is 5.46. The minimum atomic E-state index is -0.359. The van der Waals surface area contributed by atoms with Gasteiger partial charge in [0.25, 0.3) is 5.56 Å². The molecule has 0 amide bonds. The van der Waals surface area contributed by atoms with Gasteiger partial charge in [-0.3, -0.25) is 14.4 Å². The van der Waals surface area contributed by atoms with Crippen LogP contribution in [0, 0.1) is 0 Å². The number of aromatic amines is 1. The Morgan fingerprint density at radius 1 is 1.15 bits per heavy atom. The zero-order valence-corrected chi connectivity index (χ0v) is 21.4. The van der Waals surface area contributed by atoms with Crippen LogP contribution in [-0.4, -0.2) is 34.0 Å². The van der Waals surface area contributed by atoms with Crippen molar-refractivity contribution >= 4 is 87.6 Å². The first-order chi connectivity index (χ1) is 12.3. The highest BCUT2D eigenvalue weighted by Crippen LogP contribution is 2.19. The molecule has 0 spiro atoms. The van der Waals surface area contributed by atoms with Crippen LogP contribution >= 0.6 is 76.0 Å². The van der Waals surface area contributed by atoms with Crippen molar-refractivity contribution in [1.29, 1.82) is 0 Å². The third-order valence-electron chi connectivity index (χ3n) is 2.68. The molecule has 2 aromatic rings. The fourth-order valence-corrected chi connectivity index (χ4v) is 2.55. The van der Waals surface area contributed by atoms with Crippen LogP contribution in [0.15, 0.2) is 38.3 Å². The van der Waals surface area contributed by atoms with Gasteiger partial charge in [0.1, 0.15) is 0 Å². The maximum atomic E-state index is 11.1. The number of hydrogen-bond donors (Lipinski definition) is 1. The number of alkyl halides is 1. The van der Waals surface area contributed by atoms with Crippen molar-refractivity contribution in [1.82, 2.24) is 9.97 Å². The molecule has 6 nitrogen and oxygen atoms in total. The number of rotatable bonds is 4. The summed E-state index contributed by atoms with van der Waals surface area (Å²) in [5.74, 6) is 0.0869. The minimum Gasteiger partial charge on any atom is -0.480 e. The standard InChI is InChI=1S/C8H8BrNO2.C7H5Br2NO2.Br2/c1-5(11)7-3-6(9)4-10-8(7)12-2;8-2-6(11)5-1-4(9)3-10-7(5)12;1-2/h3-4H,1-2H3;1,3H,2H2,(H,10,12);. The third-order valence-corrected chi connectivity index (χ3v) is 4.08. The lowest BCUT2D eigenvalue weighted by Crippen LogP contribution is -2.17. The van der Waals surface area contributed by atoms with Crippen LogP contribution in [0.1, 0.15) is 27.6 Å². The average Bonchev–Trinajstić information content (AvgIpc) is 2.65. The maximum Gasteiger partial charge on any atom is 0.258 e. The molecule has 2 aromatic heterocycles. The van der Waals surface area contributed by atoms with E-state index in [4.69, 9.17) is 4.74 Å². The van der Waals surface area contributed by atoms with E-state index < -0.39 is 0 Å². The number of ether oxygens (including phenoxy) is 1. The van der Waals surface area contributed by atoms with Crippen LogP contribution in [-0.2, 0) is 0 Å². The summed E-state index contributed by atoms with van der Waals surface area (Å²) in [5, 5.41) is 0.159. The van der Waals surface area contributed by atoms with Crippen LogP contribution in [0.25, 0.3) is 0 Å². The molecule has 1 N–H and O–H groups in total. The van der Waals surface area contributed by atoms with Gasteiger partial charge in [-0.1, -0.05) is 15.9 Å². The van der Waals surface area contributed by atoms with E-state index in [0.29, 0.717) is 15.9 Å². The van der Waals surface area contributed by atoms with Gasteiger partial charge in [0.15, 0.2) is 11.6 Å². The number of Topliss-reactive ketones (excluding diaryl/α,β-unsaturated/α-hetero) is 2. The topological polar surface area (TPSA) is 89.1 Å². The number of carbonyl (C=O) groups is 2. The Labute approximate surface area is 190 Å². The number of aromatic nitrogens is 2. The molecular weight excluding hydrogens is 672 g/mol. The zero-order valence-electron chi connectivity index (χ0n) is 13.5. The summed E-state index contributed by atoms with van der Waals surface area (Å²) in [5.41, 5.74) is 0.302. The Morgan fingerprint density at radius 2 is 1.73 bits per heavy atom. The van der Waals surface area contributed by atoms with Gasteiger partial charge in [0, 0.05) is 49.6 Å². The Kier molecular flexibility index (Phi) is 13.6. The number of ketones is 2. The van der Waals surface area contributed by atoms with Crippen molar-refractivity contribution in [2.45, 2.75) is 6.92 Å². The monoisotopic (exact) mass is 680 g/mol. The molecule has 0 aromatic carbocycles. The van der Waals surface area contributed by atoms with E-state index in [1.54, 1.807) is 12.3 Å². The highest BCUT2D eigenvalue weighted by molar-refractivity contribution is 9.93. The van der Waals surface area contributed by atoms with Crippen molar-refractivity contribution < 1.29 is 14.3 Å². The number of pyridine rings is 2. The fraction of sp³-hybridized carbons (Fsp3) is 0.200. The van der Waals surface area contributed by atoms with Gasteiger partial charge in [0.2, 0.25) is 5.88 Å². The molecule has 26 heavy (non-hydrogen) atoms. The number of carbonyl (C=O) groups excluding carboxylic acids is 2. The van der Waals surface area contributed by atoms with Gasteiger partial charge >= 0.3 is 0 Å². The average molecular weight is 685 g/mol. The van der Waals surface area contributed by atoms with Crippen molar-refractivity contribution in [3.8, 4) is 5.88 Å². The van der Waals surface area contributed by atoms with Gasteiger partial charge in [-0.25, -0.2) is 4.98 Å². The normalized spacial score (nSPS) is 9.19. The van der Waals surface area contributed by atoms with Gasteiger partial charge in [-0.2, -0.15) is 0 Å². The van der Waals surface area contributed by atoms with Crippen LogP contribution < -0.4 is 10.3 Å². The number of halogens is 5. The summed E-state index contributed by atoms with van der Waals surface area (Å²) in [6.45, 7) is 1.48. The van der Waals surface area contributed by atoms with E-state index in [1.807, 2.05) is 0 Å². The van der Waals surface area contributed by atoms with Crippen molar-refractivity contribution in [2.24, 2.45) is 0 Å². The van der Waals surface area contributed by atoms with Crippen molar-refractivity contribution in [3.63, 3.8) is 0 Å². The molecule has 0 radical (unpaired) electrons. The molecule has 0 unspecified atom stereocenters. The van der Waals surface area contributed by atoms with E-state index >= 15 is 0 Å². The molecule has 0 aliphatic rings. The van der Waals surface area contributed by atoms with E-state index in [2.05, 4.69) is 86.0 Å². The maximum absolute atomic E-state index is 11.1. The molecular formula is C15H13Br5N2O4. The first-order valence-corrected chi connectivity index (χ1v) is 13.0. The Bertz CT molecular complexity index is 811. The summed E-state index contributed by atoms with van der Waals surface area (Å²) >= 11 is 14.9. The van der Waals surface area contributed by atoms with Gasteiger partial charge in [-0.15, -0.1) is 0 Å². The smallest absolute Gasteiger partial charge is 0.258 e. The van der Waals surface area contributed by atoms with Gasteiger partial charge in [-0.05, 0) is 50.9 Å². The molecule has 0 bridgehead atoms. The summed E-state index contributed by atoms with van der Waals surface area (Å²) in [4.78, 5) is 39.6. The van der Waals surface area contributed by atoms with Crippen molar-refractivity contribution in [2.75, 3.05) is 12.4 Å². The molecule has 0 aliphatic carbocycles. The molecule has 2 heterocycles. The summed E-state index contributed by atoms with van der Waals surface area (Å²) in [7, 11) is 1.49. The van der Waals surface area contributed by atoms with E-state index in [-0.39, 0.29) is 28.0 Å². The van der Waals surface area contributed by atoms with Gasteiger partial charge < -0.3 is 9.72 Å². The number of nitrogens with zero attached hydrogens (tertiary/aromatic N) is 1. The van der Waals surface area contributed by atoms with Crippen molar-refractivity contribution in [3.05, 3.63) is 55.0 Å². The quantitative estimate of drug-likeness (QED) is 0.342. The first kappa shape index (κ1) is 25.6. The second-order valence-corrected chi connectivity index (χ2v) is 6.78. The molecule has 142 valence electrons. The third kappa shape index (κ3) is 8.55. The molecule has 0 atom stereocenters. The van der Waals surface area contributed by atoms with E-state index in [0.717, 1.165) is 4.47 Å². The molecule has 0 saturated carbocycles. The Balaban J connectivity index is 0.000000439. The summed E-state index contributed by atoms with van der Waals surface area (Å²) in [6, 6.07) is 3.19. The SMILES string of the molecule is BrBr.COc1ncc(Br)cc1C(C)=O.O=C(CBr)c1cc(Br)c[nH]c1=O. The zero-order chi connectivity index (χ0) is 20.3. The summed E-state index contributed by atoms with van der Waals surface area (Å²) in [6.07, 6.45) is 3.08. The predicted molar refractivity (Wildman–Crippen MR) is 119 cm³/mol. The Hall–Kier alpha value is -0.360.